The minimum absolute atomic E-state index is 0.383. The maximum atomic E-state index is 5.85. The van der Waals surface area contributed by atoms with Crippen molar-refractivity contribution in [1.82, 2.24) is 15.5 Å². The third-order valence-electron chi connectivity index (χ3n) is 4.03. The molecule has 0 radical (unpaired) electrons. The van der Waals surface area contributed by atoms with Gasteiger partial charge < -0.3 is 19.3 Å². The van der Waals surface area contributed by atoms with Gasteiger partial charge in [0, 0.05) is 19.1 Å². The summed E-state index contributed by atoms with van der Waals surface area (Å²) in [6, 6.07) is 0. The van der Waals surface area contributed by atoms with E-state index in [0.29, 0.717) is 30.9 Å². The molecule has 0 spiro atoms. The predicted molar refractivity (Wildman–Crippen MR) is 72.6 cm³/mol. The maximum Gasteiger partial charge on any atom is 0.228 e. The van der Waals surface area contributed by atoms with Gasteiger partial charge in [-0.15, -0.1) is 0 Å². The zero-order chi connectivity index (χ0) is 13.6. The lowest BCUT2D eigenvalue weighted by atomic mass is 10.00. The van der Waals surface area contributed by atoms with Crippen molar-refractivity contribution >= 4 is 0 Å². The molecule has 0 aromatic carbocycles. The molecule has 3 heterocycles. The third-order valence-corrected chi connectivity index (χ3v) is 4.03. The van der Waals surface area contributed by atoms with Gasteiger partial charge in [-0.25, -0.2) is 0 Å². The number of hydrogen-bond acceptors (Lipinski definition) is 6. The van der Waals surface area contributed by atoms with E-state index < -0.39 is 0 Å². The van der Waals surface area contributed by atoms with Crippen LogP contribution in [0.1, 0.15) is 43.3 Å². The van der Waals surface area contributed by atoms with Crippen molar-refractivity contribution in [2.24, 2.45) is 0 Å². The van der Waals surface area contributed by atoms with Gasteiger partial charge in [-0.05, 0) is 38.8 Å². The van der Waals surface area contributed by atoms with Crippen LogP contribution in [0.15, 0.2) is 4.52 Å². The van der Waals surface area contributed by atoms with Crippen LogP contribution in [0.5, 0.6) is 0 Å². The molecule has 0 atom stereocenters. The van der Waals surface area contributed by atoms with E-state index in [-0.39, 0.29) is 0 Å². The summed E-state index contributed by atoms with van der Waals surface area (Å²) in [5.74, 6) is 1.93. The average molecular weight is 281 g/mol. The smallest absolute Gasteiger partial charge is 0.228 e. The Morgan fingerprint density at radius 1 is 1.15 bits per heavy atom. The second kappa shape index (κ2) is 7.15. The number of ether oxygens (including phenoxy) is 2. The topological polar surface area (TPSA) is 69.4 Å². The molecule has 2 saturated heterocycles. The van der Waals surface area contributed by atoms with Crippen LogP contribution in [0, 0.1) is 0 Å². The first-order valence-corrected chi connectivity index (χ1v) is 7.64. The van der Waals surface area contributed by atoms with E-state index >= 15 is 0 Å². The summed E-state index contributed by atoms with van der Waals surface area (Å²) in [4.78, 5) is 4.49. The molecule has 112 valence electrons. The second-order valence-corrected chi connectivity index (χ2v) is 5.50. The fraction of sp³-hybridized carbons (Fsp3) is 0.857. The Hall–Kier alpha value is -0.980. The summed E-state index contributed by atoms with van der Waals surface area (Å²) in [5.41, 5.74) is 0. The molecule has 0 amide bonds. The van der Waals surface area contributed by atoms with Crippen molar-refractivity contribution in [3.8, 4) is 0 Å². The zero-order valence-corrected chi connectivity index (χ0v) is 11.8. The number of nitrogens with one attached hydrogen (secondary N) is 1. The highest BCUT2D eigenvalue weighted by Crippen LogP contribution is 2.24. The molecule has 0 saturated carbocycles. The third kappa shape index (κ3) is 3.77. The average Bonchev–Trinajstić information content (AvgIpc) is 2.98. The molecule has 2 aliphatic rings. The van der Waals surface area contributed by atoms with Gasteiger partial charge in [0.15, 0.2) is 5.82 Å². The van der Waals surface area contributed by atoms with Gasteiger partial charge in [-0.1, -0.05) is 5.16 Å². The summed E-state index contributed by atoms with van der Waals surface area (Å²) < 4.78 is 16.5. The molecule has 0 bridgehead atoms. The fourth-order valence-corrected chi connectivity index (χ4v) is 2.77. The van der Waals surface area contributed by atoms with Crippen LogP contribution < -0.4 is 5.32 Å². The minimum Gasteiger partial charge on any atom is -0.381 e. The van der Waals surface area contributed by atoms with Crippen LogP contribution >= 0.6 is 0 Å². The SMILES string of the molecule is C1CC(OCCc2nc(C3CCOCC3)no2)CCN1. The number of piperidine rings is 1. The minimum atomic E-state index is 0.383. The van der Waals surface area contributed by atoms with Crippen molar-refractivity contribution in [1.29, 1.82) is 0 Å². The lowest BCUT2D eigenvalue weighted by Crippen LogP contribution is -2.32. The van der Waals surface area contributed by atoms with Crippen LogP contribution in [0.3, 0.4) is 0 Å². The summed E-state index contributed by atoms with van der Waals surface area (Å²) in [6.07, 6.45) is 5.26. The Bertz CT molecular complexity index is 398. The van der Waals surface area contributed by atoms with Crippen molar-refractivity contribution in [2.75, 3.05) is 32.9 Å². The van der Waals surface area contributed by atoms with Crippen molar-refractivity contribution in [3.63, 3.8) is 0 Å². The molecule has 0 unspecified atom stereocenters. The second-order valence-electron chi connectivity index (χ2n) is 5.50. The van der Waals surface area contributed by atoms with Gasteiger partial charge in [0.1, 0.15) is 0 Å². The lowest BCUT2D eigenvalue weighted by Gasteiger charge is -2.22. The Kier molecular flexibility index (Phi) is 5.00. The number of nitrogens with zero attached hydrogens (tertiary/aromatic N) is 2. The predicted octanol–water partition coefficient (Wildman–Crippen LogP) is 1.27. The van der Waals surface area contributed by atoms with Gasteiger partial charge in [-0.3, -0.25) is 0 Å². The standard InChI is InChI=1S/C14H23N3O3/c1-6-15-7-2-12(1)19-10-5-13-16-14(17-20-13)11-3-8-18-9-4-11/h11-12,15H,1-10H2. The van der Waals surface area contributed by atoms with Gasteiger partial charge in [-0.2, -0.15) is 4.98 Å². The Morgan fingerprint density at radius 2 is 1.95 bits per heavy atom. The van der Waals surface area contributed by atoms with Gasteiger partial charge >= 0.3 is 0 Å². The Labute approximate surface area is 119 Å². The largest absolute Gasteiger partial charge is 0.381 e. The van der Waals surface area contributed by atoms with Crippen LogP contribution in [0.2, 0.25) is 0 Å². The molecule has 1 aromatic rings. The summed E-state index contributed by atoms with van der Waals surface area (Å²) >= 11 is 0. The maximum absolute atomic E-state index is 5.85. The zero-order valence-electron chi connectivity index (χ0n) is 11.8. The van der Waals surface area contributed by atoms with Crippen molar-refractivity contribution in [3.05, 3.63) is 11.7 Å². The molecular formula is C14H23N3O3. The van der Waals surface area contributed by atoms with E-state index in [1.54, 1.807) is 0 Å². The summed E-state index contributed by atoms with van der Waals surface area (Å²) in [7, 11) is 0. The molecule has 6 nitrogen and oxygen atoms in total. The van der Waals surface area contributed by atoms with E-state index in [1.807, 2.05) is 0 Å². The summed E-state index contributed by atoms with van der Waals surface area (Å²) in [6.45, 7) is 4.37. The molecule has 1 aromatic heterocycles. The van der Waals surface area contributed by atoms with Crippen molar-refractivity contribution in [2.45, 2.75) is 44.1 Å². The highest BCUT2D eigenvalue weighted by molar-refractivity contribution is 4.96. The first kappa shape index (κ1) is 14.0. The molecule has 1 N–H and O–H groups in total. The van der Waals surface area contributed by atoms with E-state index in [2.05, 4.69) is 15.5 Å². The molecule has 20 heavy (non-hydrogen) atoms. The molecule has 2 aliphatic heterocycles. The van der Waals surface area contributed by atoms with Crippen LogP contribution in [-0.4, -0.2) is 49.2 Å². The highest BCUT2D eigenvalue weighted by atomic mass is 16.5. The first-order valence-electron chi connectivity index (χ1n) is 7.64. The van der Waals surface area contributed by atoms with E-state index in [0.717, 1.165) is 57.8 Å². The van der Waals surface area contributed by atoms with E-state index in [4.69, 9.17) is 14.0 Å². The Balaban J connectivity index is 1.42. The van der Waals surface area contributed by atoms with Crippen LogP contribution in [0.25, 0.3) is 0 Å². The van der Waals surface area contributed by atoms with E-state index in [9.17, 15) is 0 Å². The van der Waals surface area contributed by atoms with Gasteiger partial charge in [0.2, 0.25) is 5.89 Å². The summed E-state index contributed by atoms with van der Waals surface area (Å²) in [5, 5.41) is 7.43. The van der Waals surface area contributed by atoms with Gasteiger partial charge in [0.25, 0.3) is 0 Å². The van der Waals surface area contributed by atoms with E-state index in [1.165, 1.54) is 0 Å². The number of aromatic nitrogens is 2. The number of rotatable bonds is 5. The molecular weight excluding hydrogens is 258 g/mol. The number of hydrogen-bond donors (Lipinski definition) is 1. The first-order chi connectivity index (χ1) is 9.92. The van der Waals surface area contributed by atoms with Crippen molar-refractivity contribution < 1.29 is 14.0 Å². The monoisotopic (exact) mass is 281 g/mol. The normalized spacial score (nSPS) is 22.2. The fourth-order valence-electron chi connectivity index (χ4n) is 2.77. The molecule has 2 fully saturated rings. The molecule has 6 heteroatoms. The van der Waals surface area contributed by atoms with Gasteiger partial charge in [0.05, 0.1) is 19.1 Å². The lowest BCUT2D eigenvalue weighted by molar-refractivity contribution is 0.0322. The van der Waals surface area contributed by atoms with Crippen LogP contribution in [0.4, 0.5) is 0 Å². The molecule has 0 aliphatic carbocycles. The van der Waals surface area contributed by atoms with Crippen LogP contribution in [-0.2, 0) is 15.9 Å². The Morgan fingerprint density at radius 3 is 2.75 bits per heavy atom. The quantitative estimate of drug-likeness (QED) is 0.876. The molecule has 3 rings (SSSR count). The highest BCUT2D eigenvalue weighted by Gasteiger charge is 2.21.